The quantitative estimate of drug-likeness (QED) is 0.476. The minimum Gasteiger partial charge on any atom is -0.481 e. The summed E-state index contributed by atoms with van der Waals surface area (Å²) >= 11 is 0. The van der Waals surface area contributed by atoms with Crippen molar-refractivity contribution < 1.29 is 19.4 Å². The summed E-state index contributed by atoms with van der Waals surface area (Å²) in [7, 11) is 0. The predicted octanol–water partition coefficient (Wildman–Crippen LogP) is 2.49. The van der Waals surface area contributed by atoms with Crippen molar-refractivity contribution in [3.63, 3.8) is 0 Å². The maximum Gasteiger partial charge on any atom is 0.306 e. The number of nitrogens with one attached hydrogen (secondary N) is 1. The van der Waals surface area contributed by atoms with Crippen LogP contribution in [0.3, 0.4) is 0 Å². The molecule has 0 radical (unpaired) electrons. The van der Waals surface area contributed by atoms with Gasteiger partial charge in [0.25, 0.3) is 0 Å². The third-order valence-electron chi connectivity index (χ3n) is 3.61. The first-order valence-electron chi connectivity index (χ1n) is 7.80. The molecule has 0 atom stereocenters. The lowest BCUT2D eigenvalue weighted by Gasteiger charge is -2.22. The molecule has 1 rings (SSSR count). The molecule has 1 aliphatic rings. The number of carbonyl (C=O) groups is 2. The van der Waals surface area contributed by atoms with Gasteiger partial charge in [-0.3, -0.25) is 9.59 Å². The van der Waals surface area contributed by atoms with E-state index in [2.05, 4.69) is 5.32 Å². The van der Waals surface area contributed by atoms with Crippen LogP contribution in [0.1, 0.15) is 64.2 Å². The zero-order chi connectivity index (χ0) is 14.6. The summed E-state index contributed by atoms with van der Waals surface area (Å²) in [5.41, 5.74) is 0. The Balaban J connectivity index is 1.87. The normalized spacial score (nSPS) is 16.0. The summed E-state index contributed by atoms with van der Waals surface area (Å²) in [6.45, 7) is 1.88. The standard InChI is InChI=1S/C15H27NO4/c17-14(18)7-5-3-1-2-4-6-8-15(19)20-13-9-11-16-12-10-13/h13,16H,1-12H2,(H,17,18). The Kier molecular flexibility index (Phi) is 9.04. The van der Waals surface area contributed by atoms with E-state index >= 15 is 0 Å². The van der Waals surface area contributed by atoms with Crippen molar-refractivity contribution in [1.82, 2.24) is 5.32 Å². The molecule has 116 valence electrons. The summed E-state index contributed by atoms with van der Waals surface area (Å²) in [5.74, 6) is -0.784. The first kappa shape index (κ1) is 17.0. The fraction of sp³-hybridized carbons (Fsp3) is 0.867. The number of hydrogen-bond donors (Lipinski definition) is 2. The van der Waals surface area contributed by atoms with E-state index in [0.29, 0.717) is 6.42 Å². The van der Waals surface area contributed by atoms with Crippen molar-refractivity contribution >= 4 is 11.9 Å². The highest BCUT2D eigenvalue weighted by Crippen LogP contribution is 2.12. The Bertz CT molecular complexity index is 288. The number of rotatable bonds is 10. The lowest BCUT2D eigenvalue weighted by atomic mass is 10.1. The lowest BCUT2D eigenvalue weighted by Crippen LogP contribution is -2.33. The average Bonchev–Trinajstić information content (AvgIpc) is 2.42. The van der Waals surface area contributed by atoms with E-state index in [9.17, 15) is 9.59 Å². The molecule has 1 heterocycles. The van der Waals surface area contributed by atoms with E-state index < -0.39 is 5.97 Å². The van der Waals surface area contributed by atoms with Gasteiger partial charge in [-0.1, -0.05) is 25.7 Å². The number of carboxylic acid groups (broad SMARTS) is 1. The Hall–Kier alpha value is -1.10. The molecular weight excluding hydrogens is 258 g/mol. The highest BCUT2D eigenvalue weighted by molar-refractivity contribution is 5.69. The molecule has 0 aromatic rings. The molecule has 1 aliphatic heterocycles. The Morgan fingerprint density at radius 2 is 1.50 bits per heavy atom. The molecule has 0 aromatic heterocycles. The molecule has 20 heavy (non-hydrogen) atoms. The topological polar surface area (TPSA) is 75.6 Å². The van der Waals surface area contributed by atoms with Crippen LogP contribution in [0.5, 0.6) is 0 Å². The number of carbonyl (C=O) groups excluding carboxylic acids is 1. The van der Waals surface area contributed by atoms with Gasteiger partial charge in [-0.15, -0.1) is 0 Å². The van der Waals surface area contributed by atoms with Gasteiger partial charge in [0.15, 0.2) is 0 Å². The summed E-state index contributed by atoms with van der Waals surface area (Å²) in [4.78, 5) is 21.9. The summed E-state index contributed by atoms with van der Waals surface area (Å²) in [5, 5.41) is 11.7. The highest BCUT2D eigenvalue weighted by Gasteiger charge is 2.16. The molecule has 5 nitrogen and oxygen atoms in total. The van der Waals surface area contributed by atoms with Crippen LogP contribution in [0.4, 0.5) is 0 Å². The van der Waals surface area contributed by atoms with E-state index in [4.69, 9.17) is 9.84 Å². The van der Waals surface area contributed by atoms with E-state index in [1.807, 2.05) is 0 Å². The first-order chi connectivity index (χ1) is 9.68. The van der Waals surface area contributed by atoms with Crippen molar-refractivity contribution in [2.24, 2.45) is 0 Å². The number of esters is 1. The van der Waals surface area contributed by atoms with Gasteiger partial charge in [0.1, 0.15) is 6.10 Å². The fourth-order valence-corrected chi connectivity index (χ4v) is 2.41. The molecule has 1 saturated heterocycles. The molecule has 1 fully saturated rings. The van der Waals surface area contributed by atoms with Crippen LogP contribution in [0.15, 0.2) is 0 Å². The number of hydrogen-bond acceptors (Lipinski definition) is 4. The maximum atomic E-state index is 11.6. The van der Waals surface area contributed by atoms with Crippen molar-refractivity contribution in [2.45, 2.75) is 70.3 Å². The largest absolute Gasteiger partial charge is 0.481 e. The van der Waals surface area contributed by atoms with E-state index in [1.165, 1.54) is 0 Å². The molecule has 0 aromatic carbocycles. The fourth-order valence-electron chi connectivity index (χ4n) is 2.41. The van der Waals surface area contributed by atoms with Crippen molar-refractivity contribution in [3.8, 4) is 0 Å². The SMILES string of the molecule is O=C(O)CCCCCCCCC(=O)OC1CCNCC1. The third-order valence-corrected chi connectivity index (χ3v) is 3.61. The first-order valence-corrected chi connectivity index (χ1v) is 7.80. The van der Waals surface area contributed by atoms with Crippen molar-refractivity contribution in [3.05, 3.63) is 0 Å². The number of aliphatic carboxylic acids is 1. The minimum absolute atomic E-state index is 0.0669. The van der Waals surface area contributed by atoms with Crippen LogP contribution in [0.25, 0.3) is 0 Å². The Labute approximate surface area is 121 Å². The smallest absolute Gasteiger partial charge is 0.306 e. The van der Waals surface area contributed by atoms with Crippen LogP contribution >= 0.6 is 0 Å². The Morgan fingerprint density at radius 1 is 0.950 bits per heavy atom. The van der Waals surface area contributed by atoms with Crippen LogP contribution < -0.4 is 5.32 Å². The minimum atomic E-state index is -0.717. The monoisotopic (exact) mass is 285 g/mol. The predicted molar refractivity (Wildman–Crippen MR) is 76.6 cm³/mol. The molecule has 0 saturated carbocycles. The van der Waals surface area contributed by atoms with Crippen LogP contribution in [-0.2, 0) is 14.3 Å². The zero-order valence-electron chi connectivity index (χ0n) is 12.2. The van der Waals surface area contributed by atoms with E-state index in [0.717, 1.165) is 64.5 Å². The van der Waals surface area contributed by atoms with Crippen LogP contribution in [0.2, 0.25) is 0 Å². The second-order valence-electron chi connectivity index (χ2n) is 5.45. The van der Waals surface area contributed by atoms with Gasteiger partial charge >= 0.3 is 11.9 Å². The van der Waals surface area contributed by atoms with Gasteiger partial charge in [0, 0.05) is 12.8 Å². The molecule has 2 N–H and O–H groups in total. The zero-order valence-corrected chi connectivity index (χ0v) is 12.2. The summed E-state index contributed by atoms with van der Waals surface area (Å²) in [6.07, 6.45) is 8.49. The molecular formula is C15H27NO4. The van der Waals surface area contributed by atoms with E-state index in [-0.39, 0.29) is 18.5 Å². The van der Waals surface area contributed by atoms with Crippen molar-refractivity contribution in [2.75, 3.05) is 13.1 Å². The maximum absolute atomic E-state index is 11.6. The number of unbranched alkanes of at least 4 members (excludes halogenated alkanes) is 5. The van der Waals surface area contributed by atoms with E-state index in [1.54, 1.807) is 0 Å². The number of carboxylic acids is 1. The van der Waals surface area contributed by atoms with Crippen LogP contribution in [0, 0.1) is 0 Å². The highest BCUT2D eigenvalue weighted by atomic mass is 16.5. The van der Waals surface area contributed by atoms with Crippen LogP contribution in [-0.4, -0.2) is 36.2 Å². The molecule has 0 aliphatic carbocycles. The second kappa shape index (κ2) is 10.7. The number of ether oxygens (including phenoxy) is 1. The lowest BCUT2D eigenvalue weighted by molar-refractivity contribution is -0.150. The summed E-state index contributed by atoms with van der Waals surface area (Å²) < 4.78 is 5.42. The van der Waals surface area contributed by atoms with Gasteiger partial charge in [-0.25, -0.2) is 0 Å². The molecule has 0 bridgehead atoms. The average molecular weight is 285 g/mol. The molecule has 5 heteroatoms. The molecule has 0 unspecified atom stereocenters. The number of piperidine rings is 1. The van der Waals surface area contributed by atoms with Gasteiger partial charge in [-0.05, 0) is 38.8 Å². The van der Waals surface area contributed by atoms with Gasteiger partial charge in [-0.2, -0.15) is 0 Å². The van der Waals surface area contributed by atoms with Gasteiger partial charge in [0.05, 0.1) is 0 Å². The molecule has 0 amide bonds. The molecule has 0 spiro atoms. The van der Waals surface area contributed by atoms with Gasteiger partial charge < -0.3 is 15.2 Å². The second-order valence-corrected chi connectivity index (χ2v) is 5.45. The summed E-state index contributed by atoms with van der Waals surface area (Å²) in [6, 6.07) is 0. The van der Waals surface area contributed by atoms with Crippen molar-refractivity contribution in [1.29, 1.82) is 0 Å². The van der Waals surface area contributed by atoms with Gasteiger partial charge in [0.2, 0.25) is 0 Å². The Morgan fingerprint density at radius 3 is 2.10 bits per heavy atom. The third kappa shape index (κ3) is 8.91.